The number of aromatic amines is 1. The zero-order valence-corrected chi connectivity index (χ0v) is 18.4. The van der Waals surface area contributed by atoms with Crippen LogP contribution in [0.25, 0.3) is 11.3 Å². The third kappa shape index (κ3) is 3.46. The van der Waals surface area contributed by atoms with Crippen molar-refractivity contribution in [1.82, 2.24) is 15.1 Å². The van der Waals surface area contributed by atoms with Crippen LogP contribution in [0.3, 0.4) is 0 Å². The molecule has 32 heavy (non-hydrogen) atoms. The Bertz CT molecular complexity index is 1260. The van der Waals surface area contributed by atoms with Crippen molar-refractivity contribution < 1.29 is 9.53 Å². The molecule has 0 saturated heterocycles. The Morgan fingerprint density at radius 1 is 0.906 bits per heavy atom. The molecular formula is C27H25N3O2. The van der Waals surface area contributed by atoms with Gasteiger partial charge in [-0.3, -0.25) is 9.89 Å². The summed E-state index contributed by atoms with van der Waals surface area (Å²) >= 11 is 0. The second kappa shape index (κ2) is 8.00. The highest BCUT2D eigenvalue weighted by atomic mass is 16.5. The van der Waals surface area contributed by atoms with Crippen LogP contribution in [0.15, 0.2) is 72.8 Å². The molecule has 2 heterocycles. The van der Waals surface area contributed by atoms with E-state index in [9.17, 15) is 4.79 Å². The molecule has 5 rings (SSSR count). The van der Waals surface area contributed by atoms with Crippen molar-refractivity contribution in [3.05, 3.63) is 106 Å². The Kier molecular flexibility index (Phi) is 5.02. The second-order valence-electron chi connectivity index (χ2n) is 8.32. The topological polar surface area (TPSA) is 58.2 Å². The van der Waals surface area contributed by atoms with Gasteiger partial charge in [-0.1, -0.05) is 71.8 Å². The number of aromatic nitrogens is 2. The highest BCUT2D eigenvalue weighted by Gasteiger charge is 2.42. The molecule has 3 aromatic carbocycles. The van der Waals surface area contributed by atoms with Gasteiger partial charge in [-0.2, -0.15) is 5.10 Å². The Labute approximate surface area is 187 Å². The van der Waals surface area contributed by atoms with E-state index in [2.05, 4.69) is 72.6 Å². The van der Waals surface area contributed by atoms with Crippen molar-refractivity contribution in [3.8, 4) is 17.0 Å². The minimum Gasteiger partial charge on any atom is -0.497 e. The number of amides is 1. The summed E-state index contributed by atoms with van der Waals surface area (Å²) in [6.07, 6.45) is 0. The first-order chi connectivity index (χ1) is 15.5. The minimum absolute atomic E-state index is 0.0349. The number of hydrogen-bond acceptors (Lipinski definition) is 3. The first-order valence-corrected chi connectivity index (χ1v) is 10.7. The summed E-state index contributed by atoms with van der Waals surface area (Å²) in [6.45, 7) is 4.65. The van der Waals surface area contributed by atoms with Gasteiger partial charge in [0.05, 0.1) is 18.8 Å². The molecule has 4 aromatic rings. The SMILES string of the molecule is COc1ccc(C2c3c(-c4ccc(C)cc4)n[nH]c3C(=O)N2Cc2ccc(C)cc2)cc1. The van der Waals surface area contributed by atoms with Crippen molar-refractivity contribution in [1.29, 1.82) is 0 Å². The molecule has 0 radical (unpaired) electrons. The normalized spacial score (nSPS) is 15.2. The van der Waals surface area contributed by atoms with Gasteiger partial charge in [-0.15, -0.1) is 0 Å². The van der Waals surface area contributed by atoms with Crippen LogP contribution in [-0.4, -0.2) is 28.1 Å². The third-order valence-corrected chi connectivity index (χ3v) is 6.09. The molecule has 1 aliphatic rings. The van der Waals surface area contributed by atoms with Crippen LogP contribution in [0.4, 0.5) is 0 Å². The molecule has 0 bridgehead atoms. The van der Waals surface area contributed by atoms with E-state index in [4.69, 9.17) is 4.74 Å². The van der Waals surface area contributed by atoms with Crippen LogP contribution in [0.1, 0.15) is 44.3 Å². The maximum Gasteiger partial charge on any atom is 0.273 e. The number of carbonyl (C=O) groups excluding carboxylic acids is 1. The van der Waals surface area contributed by atoms with E-state index in [1.54, 1.807) is 7.11 Å². The molecule has 1 N–H and O–H groups in total. The van der Waals surface area contributed by atoms with Crippen LogP contribution in [0.5, 0.6) is 5.75 Å². The fraction of sp³-hybridized carbons (Fsp3) is 0.185. The van der Waals surface area contributed by atoms with Gasteiger partial charge in [-0.05, 0) is 37.1 Å². The number of aryl methyl sites for hydroxylation is 2. The van der Waals surface area contributed by atoms with Gasteiger partial charge in [0.2, 0.25) is 0 Å². The van der Waals surface area contributed by atoms with E-state index >= 15 is 0 Å². The molecule has 1 unspecified atom stereocenters. The lowest BCUT2D eigenvalue weighted by Gasteiger charge is -2.26. The van der Waals surface area contributed by atoms with Gasteiger partial charge >= 0.3 is 0 Å². The Morgan fingerprint density at radius 3 is 2.16 bits per heavy atom. The van der Waals surface area contributed by atoms with Crippen molar-refractivity contribution in [2.24, 2.45) is 0 Å². The number of benzene rings is 3. The van der Waals surface area contributed by atoms with Crippen LogP contribution >= 0.6 is 0 Å². The molecule has 160 valence electrons. The maximum absolute atomic E-state index is 13.5. The smallest absolute Gasteiger partial charge is 0.273 e. The average molecular weight is 424 g/mol. The van der Waals surface area contributed by atoms with Gasteiger partial charge in [0.15, 0.2) is 0 Å². The lowest BCUT2D eigenvalue weighted by Crippen LogP contribution is -2.29. The Morgan fingerprint density at radius 2 is 1.53 bits per heavy atom. The molecule has 1 atom stereocenters. The predicted octanol–water partition coefficient (Wildman–Crippen LogP) is 5.45. The van der Waals surface area contributed by atoms with Gasteiger partial charge < -0.3 is 9.64 Å². The number of carbonyl (C=O) groups is 1. The summed E-state index contributed by atoms with van der Waals surface area (Å²) in [6, 6.07) is 24.3. The number of rotatable bonds is 5. The molecule has 0 saturated carbocycles. The largest absolute Gasteiger partial charge is 0.497 e. The van der Waals surface area contributed by atoms with Crippen molar-refractivity contribution >= 4 is 5.91 Å². The summed E-state index contributed by atoms with van der Waals surface area (Å²) < 4.78 is 5.35. The monoisotopic (exact) mass is 423 g/mol. The van der Waals surface area contributed by atoms with E-state index in [-0.39, 0.29) is 11.9 Å². The lowest BCUT2D eigenvalue weighted by atomic mass is 9.95. The van der Waals surface area contributed by atoms with E-state index in [1.165, 1.54) is 11.1 Å². The van der Waals surface area contributed by atoms with Crippen molar-refractivity contribution in [3.63, 3.8) is 0 Å². The fourth-order valence-electron chi connectivity index (χ4n) is 4.31. The van der Waals surface area contributed by atoms with Crippen LogP contribution in [-0.2, 0) is 6.54 Å². The predicted molar refractivity (Wildman–Crippen MR) is 125 cm³/mol. The Hall–Kier alpha value is -3.86. The van der Waals surface area contributed by atoms with E-state index < -0.39 is 0 Å². The summed E-state index contributed by atoms with van der Waals surface area (Å²) in [5.74, 6) is 0.751. The first kappa shape index (κ1) is 20.1. The third-order valence-electron chi connectivity index (χ3n) is 6.09. The molecule has 0 aliphatic carbocycles. The van der Waals surface area contributed by atoms with Gasteiger partial charge in [0.1, 0.15) is 11.4 Å². The number of H-pyrrole nitrogens is 1. The zero-order chi connectivity index (χ0) is 22.2. The molecule has 1 amide bonds. The summed E-state index contributed by atoms with van der Waals surface area (Å²) in [7, 11) is 1.65. The molecule has 5 heteroatoms. The van der Waals surface area contributed by atoms with E-state index in [0.717, 1.165) is 33.7 Å². The van der Waals surface area contributed by atoms with Gasteiger partial charge in [-0.25, -0.2) is 0 Å². The van der Waals surface area contributed by atoms with Crippen molar-refractivity contribution in [2.45, 2.75) is 26.4 Å². The number of nitrogens with one attached hydrogen (secondary N) is 1. The number of hydrogen-bond donors (Lipinski definition) is 1. The molecule has 5 nitrogen and oxygen atoms in total. The van der Waals surface area contributed by atoms with E-state index in [0.29, 0.717) is 12.2 Å². The quantitative estimate of drug-likeness (QED) is 0.464. The molecule has 0 fully saturated rings. The van der Waals surface area contributed by atoms with Crippen LogP contribution in [0.2, 0.25) is 0 Å². The van der Waals surface area contributed by atoms with Gasteiger partial charge in [0, 0.05) is 17.7 Å². The first-order valence-electron chi connectivity index (χ1n) is 10.7. The zero-order valence-electron chi connectivity index (χ0n) is 18.4. The lowest BCUT2D eigenvalue weighted by molar-refractivity contribution is 0.0730. The van der Waals surface area contributed by atoms with Crippen LogP contribution in [0, 0.1) is 13.8 Å². The highest BCUT2D eigenvalue weighted by Crippen LogP contribution is 2.43. The average Bonchev–Trinajstić information content (AvgIpc) is 3.35. The Balaban J connectivity index is 1.62. The standard InChI is InChI=1S/C27H25N3O2/c1-17-4-8-19(9-5-17)16-30-26(21-12-14-22(32-3)15-13-21)23-24(28-29-25(23)27(30)31)20-10-6-18(2)7-11-20/h4-15,26H,16H2,1-3H3,(H,28,29). The number of nitrogens with zero attached hydrogens (tertiary/aromatic N) is 2. The van der Waals surface area contributed by atoms with Crippen molar-refractivity contribution in [2.75, 3.05) is 7.11 Å². The second-order valence-corrected chi connectivity index (χ2v) is 8.32. The summed E-state index contributed by atoms with van der Waals surface area (Å²) in [5, 5.41) is 7.58. The summed E-state index contributed by atoms with van der Waals surface area (Å²) in [5.41, 5.74) is 7.81. The molecule has 1 aromatic heterocycles. The number of fused-ring (bicyclic) bond motifs is 1. The summed E-state index contributed by atoms with van der Waals surface area (Å²) in [4.78, 5) is 15.4. The van der Waals surface area contributed by atoms with Gasteiger partial charge in [0.25, 0.3) is 5.91 Å². The fourth-order valence-corrected chi connectivity index (χ4v) is 4.31. The minimum atomic E-state index is -0.236. The molecule has 0 spiro atoms. The number of ether oxygens (including phenoxy) is 1. The molecular weight excluding hydrogens is 398 g/mol. The highest BCUT2D eigenvalue weighted by molar-refractivity contribution is 6.00. The molecule has 1 aliphatic heterocycles. The maximum atomic E-state index is 13.5. The van der Waals surface area contributed by atoms with E-state index in [1.807, 2.05) is 29.2 Å². The van der Waals surface area contributed by atoms with Crippen LogP contribution < -0.4 is 4.74 Å². The number of methoxy groups -OCH3 is 1.